The van der Waals surface area contributed by atoms with Crippen LogP contribution in [0.5, 0.6) is 0 Å². The third kappa shape index (κ3) is 5.71. The van der Waals surface area contributed by atoms with Gasteiger partial charge in [0.15, 0.2) is 5.96 Å². The van der Waals surface area contributed by atoms with Crippen molar-refractivity contribution in [3.8, 4) is 0 Å². The SMILES string of the molecule is CN(C)C(=O)CN=C(NCCc1ccco1)N1CCN(c2cc(F)ccc2F)CC1. The van der Waals surface area contributed by atoms with E-state index in [-0.39, 0.29) is 18.1 Å². The van der Waals surface area contributed by atoms with E-state index in [0.717, 1.165) is 17.9 Å². The largest absolute Gasteiger partial charge is 0.469 e. The fourth-order valence-corrected chi connectivity index (χ4v) is 3.19. The van der Waals surface area contributed by atoms with E-state index in [1.54, 1.807) is 20.4 Å². The van der Waals surface area contributed by atoms with Crippen molar-refractivity contribution in [3.05, 3.63) is 54.0 Å². The van der Waals surface area contributed by atoms with Gasteiger partial charge in [-0.2, -0.15) is 0 Å². The zero-order valence-corrected chi connectivity index (χ0v) is 17.3. The Kier molecular flexibility index (Phi) is 7.26. The first kappa shape index (κ1) is 21.6. The monoisotopic (exact) mass is 419 g/mol. The number of carbonyl (C=O) groups excluding carboxylic acids is 1. The van der Waals surface area contributed by atoms with Crippen molar-refractivity contribution in [2.24, 2.45) is 4.99 Å². The summed E-state index contributed by atoms with van der Waals surface area (Å²) in [4.78, 5) is 21.8. The number of likely N-dealkylation sites (N-methyl/N-ethyl adjacent to an activating group) is 1. The highest BCUT2D eigenvalue weighted by molar-refractivity contribution is 5.85. The first-order valence-corrected chi connectivity index (χ1v) is 9.90. The molecule has 1 N–H and O–H groups in total. The Bertz CT molecular complexity index is 862. The third-order valence-electron chi connectivity index (χ3n) is 4.93. The predicted octanol–water partition coefficient (Wildman–Crippen LogP) is 1.96. The van der Waals surface area contributed by atoms with Crippen molar-refractivity contribution in [3.63, 3.8) is 0 Å². The van der Waals surface area contributed by atoms with E-state index in [1.165, 1.54) is 11.0 Å². The number of anilines is 1. The van der Waals surface area contributed by atoms with Crippen LogP contribution in [-0.2, 0) is 11.2 Å². The molecule has 0 saturated carbocycles. The minimum absolute atomic E-state index is 0.0365. The van der Waals surface area contributed by atoms with Gasteiger partial charge in [0.1, 0.15) is 23.9 Å². The molecule has 1 saturated heterocycles. The molecule has 1 fully saturated rings. The summed E-state index contributed by atoms with van der Waals surface area (Å²) in [5.74, 6) is 0.485. The molecule has 1 aliphatic rings. The summed E-state index contributed by atoms with van der Waals surface area (Å²) >= 11 is 0. The fraction of sp³-hybridized carbons (Fsp3) is 0.429. The average Bonchev–Trinajstić information content (AvgIpc) is 3.25. The molecule has 1 aromatic heterocycles. The number of benzene rings is 1. The number of carbonyl (C=O) groups is 1. The van der Waals surface area contributed by atoms with Crippen molar-refractivity contribution in [2.45, 2.75) is 6.42 Å². The number of aliphatic imine (C=N–C) groups is 1. The normalized spacial score (nSPS) is 14.7. The zero-order valence-electron chi connectivity index (χ0n) is 17.3. The van der Waals surface area contributed by atoms with Gasteiger partial charge in [0.25, 0.3) is 0 Å². The molecule has 0 aliphatic carbocycles. The molecule has 1 aliphatic heterocycles. The van der Waals surface area contributed by atoms with Crippen LogP contribution in [0.25, 0.3) is 0 Å². The molecule has 0 spiro atoms. The third-order valence-corrected chi connectivity index (χ3v) is 4.93. The molecule has 0 bridgehead atoms. The Hall–Kier alpha value is -3.10. The van der Waals surface area contributed by atoms with Crippen LogP contribution in [0.2, 0.25) is 0 Å². The van der Waals surface area contributed by atoms with E-state index >= 15 is 0 Å². The summed E-state index contributed by atoms with van der Waals surface area (Å²) in [5, 5.41) is 3.29. The highest BCUT2D eigenvalue weighted by atomic mass is 19.1. The molecule has 2 aromatic rings. The predicted molar refractivity (Wildman–Crippen MR) is 112 cm³/mol. The standard InChI is InChI=1S/C21H27F2N5O2/c1-26(2)20(29)15-25-21(24-8-7-17-4-3-13-30-17)28-11-9-27(10-12-28)19-14-16(22)5-6-18(19)23/h3-6,13-14H,7-12,15H2,1-2H3,(H,24,25). The van der Waals surface area contributed by atoms with Gasteiger partial charge in [0, 0.05) is 59.3 Å². The summed E-state index contributed by atoms with van der Waals surface area (Å²) in [7, 11) is 3.38. The number of nitrogens with one attached hydrogen (secondary N) is 1. The van der Waals surface area contributed by atoms with Crippen LogP contribution in [0.3, 0.4) is 0 Å². The molecule has 7 nitrogen and oxygen atoms in total. The van der Waals surface area contributed by atoms with Gasteiger partial charge in [0.2, 0.25) is 5.91 Å². The van der Waals surface area contributed by atoms with E-state index in [0.29, 0.717) is 45.1 Å². The number of furan rings is 1. The quantitative estimate of drug-likeness (QED) is 0.573. The summed E-state index contributed by atoms with van der Waals surface area (Å²) in [6.45, 7) is 2.80. The average molecular weight is 419 g/mol. The van der Waals surface area contributed by atoms with E-state index in [4.69, 9.17) is 4.42 Å². The Labute approximate surface area is 175 Å². The van der Waals surface area contributed by atoms with Gasteiger partial charge in [0.05, 0.1) is 12.0 Å². The Balaban J connectivity index is 1.63. The maximum absolute atomic E-state index is 14.1. The van der Waals surface area contributed by atoms with E-state index in [2.05, 4.69) is 10.3 Å². The molecular formula is C21H27F2N5O2. The first-order chi connectivity index (χ1) is 14.4. The van der Waals surface area contributed by atoms with Crippen molar-refractivity contribution in [1.29, 1.82) is 0 Å². The fourth-order valence-electron chi connectivity index (χ4n) is 3.19. The second-order valence-corrected chi connectivity index (χ2v) is 7.25. The first-order valence-electron chi connectivity index (χ1n) is 9.90. The van der Waals surface area contributed by atoms with Gasteiger partial charge in [-0.25, -0.2) is 13.8 Å². The highest BCUT2D eigenvalue weighted by Gasteiger charge is 2.22. The summed E-state index contributed by atoms with van der Waals surface area (Å²) in [6, 6.07) is 7.22. The maximum atomic E-state index is 14.1. The van der Waals surface area contributed by atoms with Crippen molar-refractivity contribution < 1.29 is 18.0 Å². The second kappa shape index (κ2) is 10.1. The molecule has 162 valence electrons. The van der Waals surface area contributed by atoms with Crippen LogP contribution in [0.1, 0.15) is 5.76 Å². The molecule has 0 atom stereocenters. The number of guanidine groups is 1. The van der Waals surface area contributed by atoms with Gasteiger partial charge in [-0.05, 0) is 24.3 Å². The van der Waals surface area contributed by atoms with Crippen molar-refractivity contribution in [2.75, 3.05) is 58.3 Å². The van der Waals surface area contributed by atoms with Gasteiger partial charge >= 0.3 is 0 Å². The minimum atomic E-state index is -0.460. The maximum Gasteiger partial charge on any atom is 0.243 e. The number of rotatable bonds is 6. The molecule has 9 heteroatoms. The smallest absolute Gasteiger partial charge is 0.243 e. The van der Waals surface area contributed by atoms with Crippen LogP contribution < -0.4 is 10.2 Å². The van der Waals surface area contributed by atoms with Gasteiger partial charge in [-0.3, -0.25) is 4.79 Å². The number of hydrogen-bond acceptors (Lipinski definition) is 4. The van der Waals surface area contributed by atoms with Crippen LogP contribution in [0, 0.1) is 11.6 Å². The zero-order chi connectivity index (χ0) is 21.5. The Morgan fingerprint density at radius 2 is 1.97 bits per heavy atom. The molecule has 0 unspecified atom stereocenters. The number of nitrogens with zero attached hydrogens (tertiary/aromatic N) is 4. The van der Waals surface area contributed by atoms with Crippen LogP contribution >= 0.6 is 0 Å². The summed E-state index contributed by atoms with van der Waals surface area (Å²) in [5.41, 5.74) is 0.265. The number of halogens is 2. The van der Waals surface area contributed by atoms with Gasteiger partial charge < -0.3 is 24.4 Å². The molecule has 3 rings (SSSR count). The molecule has 0 radical (unpaired) electrons. The number of piperazine rings is 1. The minimum Gasteiger partial charge on any atom is -0.469 e. The highest BCUT2D eigenvalue weighted by Crippen LogP contribution is 2.22. The van der Waals surface area contributed by atoms with E-state index < -0.39 is 11.6 Å². The van der Waals surface area contributed by atoms with Crippen LogP contribution in [0.15, 0.2) is 46.0 Å². The van der Waals surface area contributed by atoms with Crippen LogP contribution in [-0.4, -0.2) is 75.0 Å². The van der Waals surface area contributed by atoms with Gasteiger partial charge in [-0.1, -0.05) is 0 Å². The molecule has 1 aromatic carbocycles. The van der Waals surface area contributed by atoms with Crippen LogP contribution in [0.4, 0.5) is 14.5 Å². The van der Waals surface area contributed by atoms with E-state index in [1.807, 2.05) is 21.9 Å². The van der Waals surface area contributed by atoms with Gasteiger partial charge in [-0.15, -0.1) is 0 Å². The number of amides is 1. The Morgan fingerprint density at radius 1 is 1.20 bits per heavy atom. The lowest BCUT2D eigenvalue weighted by molar-refractivity contribution is -0.127. The lowest BCUT2D eigenvalue weighted by Gasteiger charge is -2.37. The summed E-state index contributed by atoms with van der Waals surface area (Å²) < 4.78 is 33.0. The molecule has 30 heavy (non-hydrogen) atoms. The van der Waals surface area contributed by atoms with Crippen molar-refractivity contribution in [1.82, 2.24) is 15.1 Å². The lowest BCUT2D eigenvalue weighted by atomic mass is 10.2. The topological polar surface area (TPSA) is 64.3 Å². The lowest BCUT2D eigenvalue weighted by Crippen LogP contribution is -2.53. The second-order valence-electron chi connectivity index (χ2n) is 7.25. The van der Waals surface area contributed by atoms with E-state index in [9.17, 15) is 13.6 Å². The molecule has 1 amide bonds. The Morgan fingerprint density at radius 3 is 2.63 bits per heavy atom. The molecule has 2 heterocycles. The van der Waals surface area contributed by atoms with Crippen molar-refractivity contribution >= 4 is 17.6 Å². The number of hydrogen-bond donors (Lipinski definition) is 1. The molecular weight excluding hydrogens is 392 g/mol. The summed E-state index contributed by atoms with van der Waals surface area (Å²) in [6.07, 6.45) is 2.31.